The predicted octanol–water partition coefficient (Wildman–Crippen LogP) is 3.97. The SMILES string of the molecule is CCC(CC)CN(CC)c1ccccc1[C@H](C)N. The van der Waals surface area contributed by atoms with E-state index in [9.17, 15) is 0 Å². The molecule has 0 fully saturated rings. The first-order valence-electron chi connectivity index (χ1n) is 7.23. The summed E-state index contributed by atoms with van der Waals surface area (Å²) in [5, 5.41) is 0. The molecule has 102 valence electrons. The van der Waals surface area contributed by atoms with Crippen LogP contribution in [0.5, 0.6) is 0 Å². The van der Waals surface area contributed by atoms with E-state index in [1.54, 1.807) is 0 Å². The molecular weight excluding hydrogens is 220 g/mol. The molecular formula is C16H28N2. The van der Waals surface area contributed by atoms with E-state index < -0.39 is 0 Å². The lowest BCUT2D eigenvalue weighted by Gasteiger charge is -2.30. The van der Waals surface area contributed by atoms with Gasteiger partial charge in [0.2, 0.25) is 0 Å². The summed E-state index contributed by atoms with van der Waals surface area (Å²) in [4.78, 5) is 2.47. The Hall–Kier alpha value is -1.02. The molecule has 1 aromatic carbocycles. The van der Waals surface area contributed by atoms with Gasteiger partial charge < -0.3 is 10.6 Å². The Morgan fingerprint density at radius 1 is 1.11 bits per heavy atom. The van der Waals surface area contributed by atoms with E-state index in [2.05, 4.69) is 56.9 Å². The fourth-order valence-corrected chi connectivity index (χ4v) is 2.42. The standard InChI is InChI=1S/C16H28N2/c1-5-14(6-2)12-18(7-3)16-11-9-8-10-15(16)13(4)17/h8-11,13-14H,5-7,12,17H2,1-4H3/t13-/m0/s1. The van der Waals surface area contributed by atoms with E-state index in [0.29, 0.717) is 0 Å². The van der Waals surface area contributed by atoms with Crippen molar-refractivity contribution in [3.63, 3.8) is 0 Å². The van der Waals surface area contributed by atoms with Gasteiger partial charge in [0.15, 0.2) is 0 Å². The van der Waals surface area contributed by atoms with Gasteiger partial charge in [-0.1, -0.05) is 44.9 Å². The first-order chi connectivity index (χ1) is 8.63. The molecule has 0 amide bonds. The van der Waals surface area contributed by atoms with Gasteiger partial charge >= 0.3 is 0 Å². The van der Waals surface area contributed by atoms with Crippen molar-refractivity contribution in [2.45, 2.75) is 46.6 Å². The van der Waals surface area contributed by atoms with Crippen LogP contribution in [0.3, 0.4) is 0 Å². The second-order valence-electron chi connectivity index (χ2n) is 5.07. The highest BCUT2D eigenvalue weighted by Gasteiger charge is 2.15. The third kappa shape index (κ3) is 3.74. The summed E-state index contributed by atoms with van der Waals surface area (Å²) in [6.07, 6.45) is 2.49. The lowest BCUT2D eigenvalue weighted by molar-refractivity contribution is 0.485. The molecule has 2 nitrogen and oxygen atoms in total. The quantitative estimate of drug-likeness (QED) is 0.791. The Morgan fingerprint density at radius 3 is 2.22 bits per heavy atom. The van der Waals surface area contributed by atoms with E-state index in [1.807, 2.05) is 0 Å². The van der Waals surface area contributed by atoms with Gasteiger partial charge in [0.05, 0.1) is 0 Å². The third-order valence-electron chi connectivity index (χ3n) is 3.78. The molecule has 0 saturated carbocycles. The van der Waals surface area contributed by atoms with Crippen LogP contribution in [0, 0.1) is 5.92 Å². The maximum atomic E-state index is 6.08. The van der Waals surface area contributed by atoms with E-state index in [4.69, 9.17) is 5.73 Å². The van der Waals surface area contributed by atoms with Crippen LogP contribution in [0.25, 0.3) is 0 Å². The molecule has 2 heteroatoms. The van der Waals surface area contributed by atoms with Crippen molar-refractivity contribution in [1.82, 2.24) is 0 Å². The van der Waals surface area contributed by atoms with Crippen LogP contribution in [0.1, 0.15) is 52.1 Å². The van der Waals surface area contributed by atoms with Gasteiger partial charge in [0, 0.05) is 24.8 Å². The molecule has 1 atom stereocenters. The van der Waals surface area contributed by atoms with Crippen LogP contribution in [0.15, 0.2) is 24.3 Å². The predicted molar refractivity (Wildman–Crippen MR) is 81.0 cm³/mol. The smallest absolute Gasteiger partial charge is 0.0414 e. The molecule has 0 aromatic heterocycles. The van der Waals surface area contributed by atoms with Crippen LogP contribution in [0.4, 0.5) is 5.69 Å². The topological polar surface area (TPSA) is 29.3 Å². The highest BCUT2D eigenvalue weighted by molar-refractivity contribution is 5.54. The molecule has 0 unspecified atom stereocenters. The van der Waals surface area contributed by atoms with Gasteiger partial charge in [0.1, 0.15) is 0 Å². The van der Waals surface area contributed by atoms with Gasteiger partial charge in [-0.2, -0.15) is 0 Å². The van der Waals surface area contributed by atoms with E-state index >= 15 is 0 Å². The number of hydrogen-bond donors (Lipinski definition) is 1. The minimum absolute atomic E-state index is 0.0944. The summed E-state index contributed by atoms with van der Waals surface area (Å²) in [6, 6.07) is 8.63. The van der Waals surface area contributed by atoms with Crippen molar-refractivity contribution in [2.24, 2.45) is 11.7 Å². The Labute approximate surface area is 112 Å². The zero-order valence-corrected chi connectivity index (χ0v) is 12.3. The fraction of sp³-hybridized carbons (Fsp3) is 0.625. The molecule has 1 rings (SSSR count). The number of nitrogens with two attached hydrogens (primary N) is 1. The van der Waals surface area contributed by atoms with Crippen LogP contribution in [-0.2, 0) is 0 Å². The van der Waals surface area contributed by atoms with Gasteiger partial charge in [0.25, 0.3) is 0 Å². The minimum Gasteiger partial charge on any atom is -0.371 e. The number of para-hydroxylation sites is 1. The molecule has 0 saturated heterocycles. The molecule has 0 bridgehead atoms. The van der Waals surface area contributed by atoms with Crippen LogP contribution in [0.2, 0.25) is 0 Å². The van der Waals surface area contributed by atoms with Crippen LogP contribution in [-0.4, -0.2) is 13.1 Å². The lowest BCUT2D eigenvalue weighted by atomic mass is 10.0. The Kier molecular flexibility index (Phi) is 6.20. The van der Waals surface area contributed by atoms with Gasteiger partial charge in [-0.15, -0.1) is 0 Å². The third-order valence-corrected chi connectivity index (χ3v) is 3.78. The minimum atomic E-state index is 0.0944. The maximum absolute atomic E-state index is 6.08. The van der Waals surface area contributed by atoms with Gasteiger partial charge in [-0.3, -0.25) is 0 Å². The van der Waals surface area contributed by atoms with Gasteiger partial charge in [-0.05, 0) is 31.4 Å². The second kappa shape index (κ2) is 7.42. The lowest BCUT2D eigenvalue weighted by Crippen LogP contribution is -2.30. The second-order valence-corrected chi connectivity index (χ2v) is 5.07. The van der Waals surface area contributed by atoms with Crippen molar-refractivity contribution in [3.05, 3.63) is 29.8 Å². The van der Waals surface area contributed by atoms with E-state index in [-0.39, 0.29) is 6.04 Å². The van der Waals surface area contributed by atoms with Crippen molar-refractivity contribution < 1.29 is 0 Å². The molecule has 0 radical (unpaired) electrons. The van der Waals surface area contributed by atoms with E-state index in [1.165, 1.54) is 24.1 Å². The summed E-state index contributed by atoms with van der Waals surface area (Å²) in [7, 11) is 0. The van der Waals surface area contributed by atoms with E-state index in [0.717, 1.165) is 19.0 Å². The fourth-order valence-electron chi connectivity index (χ4n) is 2.42. The number of nitrogens with zero attached hydrogens (tertiary/aromatic N) is 1. The Morgan fingerprint density at radius 2 is 1.72 bits per heavy atom. The number of rotatable bonds is 7. The zero-order chi connectivity index (χ0) is 13.5. The Bertz CT molecular complexity index is 343. The molecule has 0 aliphatic heterocycles. The average molecular weight is 248 g/mol. The molecule has 0 aliphatic rings. The first kappa shape index (κ1) is 15.0. The highest BCUT2D eigenvalue weighted by Crippen LogP contribution is 2.26. The van der Waals surface area contributed by atoms with Crippen LogP contribution < -0.4 is 10.6 Å². The molecule has 0 heterocycles. The number of benzene rings is 1. The summed E-state index contributed by atoms with van der Waals surface area (Å²) in [6.45, 7) is 11.0. The molecule has 2 N–H and O–H groups in total. The molecule has 1 aromatic rings. The van der Waals surface area contributed by atoms with Crippen molar-refractivity contribution in [3.8, 4) is 0 Å². The molecule has 18 heavy (non-hydrogen) atoms. The summed E-state index contributed by atoms with van der Waals surface area (Å²) in [5.74, 6) is 0.770. The first-order valence-corrected chi connectivity index (χ1v) is 7.23. The number of anilines is 1. The molecule has 0 spiro atoms. The zero-order valence-electron chi connectivity index (χ0n) is 12.3. The number of hydrogen-bond acceptors (Lipinski definition) is 2. The van der Waals surface area contributed by atoms with Crippen molar-refractivity contribution in [2.75, 3.05) is 18.0 Å². The normalized spacial score (nSPS) is 12.8. The van der Waals surface area contributed by atoms with Crippen LogP contribution >= 0.6 is 0 Å². The summed E-state index contributed by atoms with van der Waals surface area (Å²) >= 11 is 0. The average Bonchev–Trinajstić information content (AvgIpc) is 2.40. The largest absolute Gasteiger partial charge is 0.371 e. The summed E-state index contributed by atoms with van der Waals surface area (Å²) < 4.78 is 0. The van der Waals surface area contributed by atoms with Crippen molar-refractivity contribution in [1.29, 1.82) is 0 Å². The maximum Gasteiger partial charge on any atom is 0.0414 e. The van der Waals surface area contributed by atoms with Gasteiger partial charge in [-0.25, -0.2) is 0 Å². The summed E-state index contributed by atoms with van der Waals surface area (Å²) in [5.41, 5.74) is 8.64. The van der Waals surface area contributed by atoms with Crippen molar-refractivity contribution >= 4 is 5.69 Å². The Balaban J connectivity index is 2.94. The monoisotopic (exact) mass is 248 g/mol. The molecule has 0 aliphatic carbocycles. The highest BCUT2D eigenvalue weighted by atomic mass is 15.1.